The fourth-order valence-corrected chi connectivity index (χ4v) is 3.98. The maximum atomic E-state index is 13.6. The number of nitrogens with one attached hydrogen (secondary N) is 1. The maximum absolute atomic E-state index is 13.6. The third-order valence-electron chi connectivity index (χ3n) is 5.73. The second-order valence-corrected chi connectivity index (χ2v) is 9.10. The Morgan fingerprint density at radius 2 is 1.87 bits per heavy atom. The van der Waals surface area contributed by atoms with Gasteiger partial charge in [0.05, 0.1) is 41.6 Å². The van der Waals surface area contributed by atoms with Gasteiger partial charge in [-0.2, -0.15) is 10.4 Å². The van der Waals surface area contributed by atoms with Gasteiger partial charge in [-0.3, -0.25) is 9.59 Å². The Morgan fingerprint density at radius 3 is 2.49 bits per heavy atom. The Balaban J connectivity index is 0.00000533. The van der Waals surface area contributed by atoms with Crippen molar-refractivity contribution in [3.05, 3.63) is 88.5 Å². The summed E-state index contributed by atoms with van der Waals surface area (Å²) in [5.74, 6) is -2.26. The van der Waals surface area contributed by atoms with Gasteiger partial charge in [0.1, 0.15) is 5.82 Å². The van der Waals surface area contributed by atoms with E-state index in [9.17, 15) is 24.2 Å². The number of aromatic nitrogens is 2. The van der Waals surface area contributed by atoms with E-state index in [1.54, 1.807) is 30.3 Å². The summed E-state index contributed by atoms with van der Waals surface area (Å²) in [5.41, 5.74) is 2.88. The molecule has 0 saturated carbocycles. The molecule has 3 aromatic rings. The van der Waals surface area contributed by atoms with E-state index < -0.39 is 36.3 Å². The molecule has 1 amide bonds. The van der Waals surface area contributed by atoms with Crippen LogP contribution in [0.25, 0.3) is 11.8 Å². The van der Waals surface area contributed by atoms with Crippen molar-refractivity contribution >= 4 is 47.5 Å². The van der Waals surface area contributed by atoms with Gasteiger partial charge in [-0.05, 0) is 54.0 Å². The molecule has 4 N–H and O–H groups in total. The third-order valence-corrected chi connectivity index (χ3v) is 5.73. The number of amides is 1. The van der Waals surface area contributed by atoms with Crippen LogP contribution in [0, 0.1) is 17.1 Å². The van der Waals surface area contributed by atoms with Gasteiger partial charge in [-0.1, -0.05) is 32.1 Å². The fraction of sp³-hybridized carbons (Fsp3) is 0.286. The first-order valence-corrected chi connectivity index (χ1v) is 12.0. The number of nitrogens with zero attached hydrogens (tertiary/aromatic N) is 3. The number of carboxylic acids is 1. The molecule has 0 fully saturated rings. The van der Waals surface area contributed by atoms with Crippen molar-refractivity contribution in [2.24, 2.45) is 0 Å². The van der Waals surface area contributed by atoms with Crippen molar-refractivity contribution in [2.75, 3.05) is 0 Å². The quantitative estimate of drug-likeness (QED) is 0.271. The zero-order chi connectivity index (χ0) is 27.8. The first-order valence-electron chi connectivity index (χ1n) is 12.0. The second kappa shape index (κ2) is 14.7. The van der Waals surface area contributed by atoms with Crippen LogP contribution in [0.3, 0.4) is 0 Å². The van der Waals surface area contributed by atoms with Crippen molar-refractivity contribution in [1.82, 2.24) is 15.1 Å². The third kappa shape index (κ3) is 8.85. The van der Waals surface area contributed by atoms with Gasteiger partial charge >= 0.3 is 35.5 Å². The summed E-state index contributed by atoms with van der Waals surface area (Å²) in [7, 11) is 0. The number of aliphatic carboxylic acids is 1. The molecular formula is C28H30FN4NaO5. The van der Waals surface area contributed by atoms with Gasteiger partial charge in [0.2, 0.25) is 0 Å². The average molecular weight is 545 g/mol. The summed E-state index contributed by atoms with van der Waals surface area (Å²) in [5, 5.41) is 45.5. The van der Waals surface area contributed by atoms with Crippen LogP contribution in [-0.4, -0.2) is 78.7 Å². The number of halogens is 1. The van der Waals surface area contributed by atoms with Gasteiger partial charge < -0.3 is 20.6 Å². The summed E-state index contributed by atoms with van der Waals surface area (Å²) in [6.45, 7) is 3.92. The average Bonchev–Trinajstić information content (AvgIpc) is 3.26. The van der Waals surface area contributed by atoms with Gasteiger partial charge in [-0.25, -0.2) is 9.07 Å². The molecule has 39 heavy (non-hydrogen) atoms. The summed E-state index contributed by atoms with van der Waals surface area (Å²) in [6.07, 6.45) is -0.151. The number of carbonyl (C=O) groups excluding carboxylic acids is 1. The molecule has 200 valence electrons. The normalized spacial score (nSPS) is 12.5. The molecular weight excluding hydrogens is 514 g/mol. The Kier molecular flexibility index (Phi) is 12.0. The Hall–Kier alpha value is -3.33. The molecule has 0 aliphatic heterocycles. The first-order chi connectivity index (χ1) is 18.1. The number of nitriles is 1. The summed E-state index contributed by atoms with van der Waals surface area (Å²) < 4.78 is 15.1. The topological polar surface area (TPSA) is 148 Å². The molecule has 0 aliphatic rings. The molecule has 2 aromatic carbocycles. The number of benzene rings is 2. The molecule has 2 atom stereocenters. The van der Waals surface area contributed by atoms with Gasteiger partial charge in [-0.15, -0.1) is 0 Å². The molecule has 9 nitrogen and oxygen atoms in total. The SMILES string of the molecule is CC(C)c1c(C(=O)NCc2cccc(C#N)c2)nn(-c2ccc(F)cc2)c1C=C[C@H](O)C[C@@H](O)CC(=O)O.[NaH]. The van der Waals surface area contributed by atoms with E-state index in [0.717, 1.165) is 5.56 Å². The molecule has 0 saturated heterocycles. The number of aliphatic hydroxyl groups excluding tert-OH is 2. The van der Waals surface area contributed by atoms with Gasteiger partial charge in [0, 0.05) is 18.5 Å². The predicted octanol–water partition coefficient (Wildman–Crippen LogP) is 2.89. The Labute approximate surface area is 247 Å². The zero-order valence-corrected chi connectivity index (χ0v) is 21.0. The number of carboxylic acid groups (broad SMARTS) is 1. The molecule has 0 spiro atoms. The van der Waals surface area contributed by atoms with E-state index in [2.05, 4.69) is 16.5 Å². The number of aliphatic hydroxyl groups is 2. The molecule has 11 heteroatoms. The molecule has 3 rings (SSSR count). The Bertz CT molecular complexity index is 1370. The molecule has 1 aromatic heterocycles. The summed E-state index contributed by atoms with van der Waals surface area (Å²) >= 11 is 0. The molecule has 0 aliphatic carbocycles. The van der Waals surface area contributed by atoms with E-state index >= 15 is 0 Å². The predicted molar refractivity (Wildman–Crippen MR) is 145 cm³/mol. The minimum atomic E-state index is -1.24. The summed E-state index contributed by atoms with van der Waals surface area (Å²) in [6, 6.07) is 14.5. The van der Waals surface area contributed by atoms with Crippen molar-refractivity contribution < 1.29 is 29.3 Å². The zero-order valence-electron chi connectivity index (χ0n) is 21.0. The van der Waals surface area contributed by atoms with E-state index in [4.69, 9.17) is 10.4 Å². The van der Waals surface area contributed by atoms with E-state index in [-0.39, 0.29) is 54.1 Å². The molecule has 1 heterocycles. The number of hydrogen-bond acceptors (Lipinski definition) is 6. The standard InChI is InChI=1S/C28H29FN4O5.Na.H/c1-17(2)26-24(11-10-22(34)13-23(35)14-25(36)37)33(21-8-6-20(29)7-9-21)32-27(26)28(38)31-16-19-5-3-4-18(12-19)15-30;;/h3-12,17,22-23,34-35H,13-14,16H2,1-2H3,(H,31,38)(H,36,37);;/t22-,23+;;/m0../s1. The van der Waals surface area contributed by atoms with Crippen LogP contribution in [0.1, 0.15) is 65.5 Å². The van der Waals surface area contributed by atoms with Gasteiger partial charge in [0.25, 0.3) is 5.91 Å². The number of carbonyl (C=O) groups is 2. The fourth-order valence-electron chi connectivity index (χ4n) is 3.98. The van der Waals surface area contributed by atoms with Crippen LogP contribution in [0.15, 0.2) is 54.6 Å². The van der Waals surface area contributed by atoms with Crippen molar-refractivity contribution in [1.29, 1.82) is 5.26 Å². The molecule has 0 bridgehead atoms. The summed E-state index contributed by atoms with van der Waals surface area (Å²) in [4.78, 5) is 24.1. The van der Waals surface area contributed by atoms with Crippen LogP contribution >= 0.6 is 0 Å². The van der Waals surface area contributed by atoms with E-state index in [1.807, 2.05) is 13.8 Å². The molecule has 0 radical (unpaired) electrons. The second-order valence-electron chi connectivity index (χ2n) is 9.10. The van der Waals surface area contributed by atoms with Crippen molar-refractivity contribution in [2.45, 2.75) is 51.4 Å². The minimum absolute atomic E-state index is 0. The first kappa shape index (κ1) is 31.9. The van der Waals surface area contributed by atoms with Crippen LogP contribution in [0.5, 0.6) is 0 Å². The van der Waals surface area contributed by atoms with Crippen LogP contribution in [-0.2, 0) is 11.3 Å². The van der Waals surface area contributed by atoms with Crippen molar-refractivity contribution in [3.63, 3.8) is 0 Å². The van der Waals surface area contributed by atoms with Crippen LogP contribution < -0.4 is 5.32 Å². The molecule has 0 unspecified atom stereocenters. The number of hydrogen-bond donors (Lipinski definition) is 4. The van der Waals surface area contributed by atoms with Crippen molar-refractivity contribution in [3.8, 4) is 11.8 Å². The van der Waals surface area contributed by atoms with Gasteiger partial charge in [0.15, 0.2) is 5.69 Å². The van der Waals surface area contributed by atoms with E-state index in [1.165, 1.54) is 35.0 Å². The van der Waals surface area contributed by atoms with Crippen LogP contribution in [0.4, 0.5) is 4.39 Å². The number of rotatable bonds is 11. The van der Waals surface area contributed by atoms with E-state index in [0.29, 0.717) is 22.5 Å². The van der Waals surface area contributed by atoms with Crippen LogP contribution in [0.2, 0.25) is 0 Å². The Morgan fingerprint density at radius 1 is 1.18 bits per heavy atom. The monoisotopic (exact) mass is 544 g/mol.